The number of piperidine rings is 1. The van der Waals surface area contributed by atoms with E-state index in [0.717, 1.165) is 23.7 Å². The van der Waals surface area contributed by atoms with Crippen molar-refractivity contribution in [3.63, 3.8) is 0 Å². The molecular weight excluding hydrogens is 194 g/mol. The molecule has 1 N–H and O–H groups in total. The molecule has 1 nitrogen and oxygen atoms in total. The molecule has 5 unspecified atom stereocenters. The Hall–Kier alpha value is -0.0100. The van der Waals surface area contributed by atoms with E-state index in [1.165, 1.54) is 13.0 Å². The molecule has 0 radical (unpaired) electrons. The lowest BCUT2D eigenvalue weighted by molar-refractivity contribution is 0.285. The summed E-state index contributed by atoms with van der Waals surface area (Å²) < 4.78 is 0. The molecule has 14 heavy (non-hydrogen) atoms. The standard InChI is InChI=1S/C12H18ClN/c1-6-8-3-9(7(2)14-5-8)12(6)10-4-11(10)13/h4,6-9,11-12,14H,3,5H2,1-2H3/t6?,7?,8?,9?,11?,12-/m0/s1. The van der Waals surface area contributed by atoms with Gasteiger partial charge in [0.2, 0.25) is 0 Å². The van der Waals surface area contributed by atoms with Crippen LogP contribution >= 0.6 is 11.6 Å². The molecule has 6 atom stereocenters. The van der Waals surface area contributed by atoms with Crippen LogP contribution in [0.2, 0.25) is 0 Å². The highest BCUT2D eigenvalue weighted by molar-refractivity contribution is 6.26. The van der Waals surface area contributed by atoms with E-state index in [0.29, 0.717) is 11.4 Å². The van der Waals surface area contributed by atoms with Gasteiger partial charge in [-0.2, -0.15) is 0 Å². The van der Waals surface area contributed by atoms with Crippen molar-refractivity contribution in [2.75, 3.05) is 6.54 Å². The van der Waals surface area contributed by atoms with Gasteiger partial charge in [0.15, 0.2) is 0 Å². The van der Waals surface area contributed by atoms with Gasteiger partial charge >= 0.3 is 0 Å². The summed E-state index contributed by atoms with van der Waals surface area (Å²) in [7, 11) is 0. The van der Waals surface area contributed by atoms with Crippen molar-refractivity contribution in [2.45, 2.75) is 31.7 Å². The quantitative estimate of drug-likeness (QED) is 0.519. The average molecular weight is 212 g/mol. The smallest absolute Gasteiger partial charge is 0.0733 e. The van der Waals surface area contributed by atoms with Crippen molar-refractivity contribution >= 4 is 11.6 Å². The van der Waals surface area contributed by atoms with Crippen LogP contribution < -0.4 is 5.32 Å². The van der Waals surface area contributed by atoms with Crippen LogP contribution in [0, 0.1) is 23.7 Å². The molecule has 0 spiro atoms. The van der Waals surface area contributed by atoms with Crippen molar-refractivity contribution in [3.8, 4) is 0 Å². The fourth-order valence-corrected chi connectivity index (χ4v) is 3.92. The molecule has 2 aliphatic carbocycles. The topological polar surface area (TPSA) is 12.0 Å². The molecule has 2 heteroatoms. The molecule has 2 fully saturated rings. The van der Waals surface area contributed by atoms with Gasteiger partial charge in [-0.15, -0.1) is 11.6 Å². The summed E-state index contributed by atoms with van der Waals surface area (Å²) in [5, 5.41) is 3.93. The zero-order valence-electron chi connectivity index (χ0n) is 8.83. The van der Waals surface area contributed by atoms with Crippen LogP contribution in [0.25, 0.3) is 0 Å². The van der Waals surface area contributed by atoms with Crippen molar-refractivity contribution < 1.29 is 0 Å². The minimum Gasteiger partial charge on any atom is -0.314 e. The Morgan fingerprint density at radius 1 is 1.43 bits per heavy atom. The first-order chi connectivity index (χ1) is 6.68. The van der Waals surface area contributed by atoms with E-state index in [-0.39, 0.29) is 0 Å². The van der Waals surface area contributed by atoms with E-state index < -0.39 is 0 Å². The second kappa shape index (κ2) is 2.99. The highest BCUT2D eigenvalue weighted by Gasteiger charge is 2.50. The molecule has 0 amide bonds. The predicted molar refractivity (Wildman–Crippen MR) is 59.4 cm³/mol. The summed E-state index contributed by atoms with van der Waals surface area (Å²) in [6.45, 7) is 5.96. The minimum atomic E-state index is 0.300. The van der Waals surface area contributed by atoms with Crippen LogP contribution in [0.5, 0.6) is 0 Å². The third-order valence-corrected chi connectivity index (χ3v) is 5.00. The van der Waals surface area contributed by atoms with Crippen LogP contribution in [0.3, 0.4) is 0 Å². The fraction of sp³-hybridized carbons (Fsp3) is 0.833. The van der Waals surface area contributed by atoms with Crippen LogP contribution in [-0.4, -0.2) is 18.0 Å². The monoisotopic (exact) mass is 211 g/mol. The number of nitrogens with one attached hydrogen (secondary N) is 1. The van der Waals surface area contributed by atoms with Gasteiger partial charge in [-0.3, -0.25) is 0 Å². The van der Waals surface area contributed by atoms with Gasteiger partial charge in [0.1, 0.15) is 0 Å². The molecule has 2 bridgehead atoms. The van der Waals surface area contributed by atoms with Crippen molar-refractivity contribution in [2.24, 2.45) is 23.7 Å². The van der Waals surface area contributed by atoms with Crippen LogP contribution in [0.15, 0.2) is 11.6 Å². The lowest BCUT2D eigenvalue weighted by atomic mass is 9.84. The number of fused-ring (bicyclic) bond motifs is 2. The zero-order valence-corrected chi connectivity index (χ0v) is 9.59. The van der Waals surface area contributed by atoms with E-state index in [9.17, 15) is 0 Å². The summed E-state index contributed by atoms with van der Waals surface area (Å²) in [5.74, 6) is 3.37. The average Bonchev–Trinajstić information content (AvgIpc) is 2.78. The number of hydrogen-bond donors (Lipinski definition) is 1. The van der Waals surface area contributed by atoms with Crippen molar-refractivity contribution in [1.29, 1.82) is 0 Å². The van der Waals surface area contributed by atoms with E-state index in [2.05, 4.69) is 25.2 Å². The number of rotatable bonds is 1. The van der Waals surface area contributed by atoms with Gasteiger partial charge in [-0.25, -0.2) is 0 Å². The Morgan fingerprint density at radius 3 is 2.79 bits per heavy atom. The van der Waals surface area contributed by atoms with Crippen molar-refractivity contribution in [3.05, 3.63) is 11.6 Å². The Morgan fingerprint density at radius 2 is 2.14 bits per heavy atom. The molecule has 0 aromatic carbocycles. The Kier molecular flexibility index (Phi) is 1.97. The van der Waals surface area contributed by atoms with E-state index in [1.807, 2.05) is 0 Å². The molecule has 3 aliphatic rings. The molecule has 0 aromatic heterocycles. The van der Waals surface area contributed by atoms with E-state index in [1.54, 1.807) is 5.57 Å². The largest absolute Gasteiger partial charge is 0.314 e. The molecule has 78 valence electrons. The third-order valence-electron chi connectivity index (χ3n) is 4.62. The second-order valence-corrected chi connectivity index (χ2v) is 5.78. The van der Waals surface area contributed by atoms with Gasteiger partial charge < -0.3 is 5.32 Å². The van der Waals surface area contributed by atoms with Crippen LogP contribution in [0.1, 0.15) is 20.3 Å². The third kappa shape index (κ3) is 1.18. The van der Waals surface area contributed by atoms with Gasteiger partial charge in [0.05, 0.1) is 5.38 Å². The van der Waals surface area contributed by atoms with Gasteiger partial charge in [0, 0.05) is 6.04 Å². The maximum atomic E-state index is 6.12. The SMILES string of the molecule is CC1NCC2CC1[C@@H](C1=CC1Cl)C2C. The summed E-state index contributed by atoms with van der Waals surface area (Å²) in [6, 6.07) is 0.687. The Labute approximate surface area is 90.9 Å². The lowest BCUT2D eigenvalue weighted by Gasteiger charge is -2.29. The molecule has 0 aromatic rings. The Bertz CT molecular complexity index is 286. The second-order valence-electron chi connectivity index (χ2n) is 5.31. The summed E-state index contributed by atoms with van der Waals surface area (Å²) in [5.41, 5.74) is 1.54. The van der Waals surface area contributed by atoms with E-state index >= 15 is 0 Å². The summed E-state index contributed by atoms with van der Waals surface area (Å²) >= 11 is 6.12. The maximum Gasteiger partial charge on any atom is 0.0733 e. The van der Waals surface area contributed by atoms with Crippen LogP contribution in [-0.2, 0) is 0 Å². The van der Waals surface area contributed by atoms with Crippen molar-refractivity contribution in [1.82, 2.24) is 5.32 Å². The predicted octanol–water partition coefficient (Wildman–Crippen LogP) is 2.41. The molecular formula is C12H18ClN. The summed E-state index contributed by atoms with van der Waals surface area (Å²) in [6.07, 6.45) is 3.66. The lowest BCUT2D eigenvalue weighted by Crippen LogP contribution is -2.40. The van der Waals surface area contributed by atoms with E-state index in [4.69, 9.17) is 11.6 Å². The fourth-order valence-electron chi connectivity index (χ4n) is 3.63. The number of halogens is 1. The van der Waals surface area contributed by atoms with Gasteiger partial charge in [-0.1, -0.05) is 13.0 Å². The highest BCUT2D eigenvalue weighted by atomic mass is 35.5. The normalized spacial score (nSPS) is 55.8. The highest BCUT2D eigenvalue weighted by Crippen LogP contribution is 2.53. The molecule has 1 saturated heterocycles. The van der Waals surface area contributed by atoms with Gasteiger partial charge in [-0.05, 0) is 49.1 Å². The maximum absolute atomic E-state index is 6.12. The first-order valence-electron chi connectivity index (χ1n) is 5.77. The number of allylic oxidation sites excluding steroid dienone is 2. The number of hydrogen-bond acceptors (Lipinski definition) is 1. The first-order valence-corrected chi connectivity index (χ1v) is 6.21. The Balaban J connectivity index is 1.86. The molecule has 1 saturated carbocycles. The molecule has 1 heterocycles. The minimum absolute atomic E-state index is 0.300. The molecule has 1 aliphatic heterocycles. The number of alkyl halides is 1. The van der Waals surface area contributed by atoms with Crippen LogP contribution in [0.4, 0.5) is 0 Å². The summed E-state index contributed by atoms with van der Waals surface area (Å²) in [4.78, 5) is 0. The zero-order chi connectivity index (χ0) is 9.87. The molecule has 3 rings (SSSR count). The first kappa shape index (κ1) is 9.23. The van der Waals surface area contributed by atoms with Gasteiger partial charge in [0.25, 0.3) is 0 Å².